The number of ether oxygens (including phenoxy) is 2. The first-order chi connectivity index (χ1) is 6.68. The van der Waals surface area contributed by atoms with Crippen molar-refractivity contribution in [3.05, 3.63) is 0 Å². The number of aliphatic carboxylic acids is 1. The number of hydrogen-bond acceptors (Lipinski definition) is 4. The Morgan fingerprint density at radius 1 is 1.43 bits per heavy atom. The molecule has 0 fully saturated rings. The molecule has 0 aliphatic carbocycles. The Kier molecular flexibility index (Phi) is 8.51. The number of carboxylic acids is 1. The maximum absolute atomic E-state index is 10.4. The summed E-state index contributed by atoms with van der Waals surface area (Å²) < 4.78 is 10.1. The highest BCUT2D eigenvalue weighted by Gasteiger charge is 2.07. The average Bonchev–Trinajstić information content (AvgIpc) is 2.16. The Balaban J connectivity index is 3.09. The third-order valence-electron chi connectivity index (χ3n) is 1.70. The van der Waals surface area contributed by atoms with Gasteiger partial charge >= 0.3 is 5.97 Å². The van der Waals surface area contributed by atoms with Crippen LogP contribution in [0, 0.1) is 0 Å². The van der Waals surface area contributed by atoms with E-state index in [0.717, 1.165) is 6.42 Å². The van der Waals surface area contributed by atoms with Crippen LogP contribution in [0.5, 0.6) is 0 Å². The average molecular weight is 205 g/mol. The summed E-state index contributed by atoms with van der Waals surface area (Å²) in [6, 6.07) is -0.516. The van der Waals surface area contributed by atoms with Crippen molar-refractivity contribution < 1.29 is 19.4 Å². The highest BCUT2D eigenvalue weighted by Crippen LogP contribution is 1.84. The largest absolute Gasteiger partial charge is 0.480 e. The van der Waals surface area contributed by atoms with Gasteiger partial charge in [0.1, 0.15) is 6.04 Å². The van der Waals surface area contributed by atoms with Gasteiger partial charge < -0.3 is 19.9 Å². The van der Waals surface area contributed by atoms with Crippen molar-refractivity contribution in [1.29, 1.82) is 0 Å². The maximum atomic E-state index is 10.4. The van der Waals surface area contributed by atoms with Gasteiger partial charge in [-0.2, -0.15) is 0 Å². The van der Waals surface area contributed by atoms with Crippen LogP contribution in [0.3, 0.4) is 0 Å². The van der Waals surface area contributed by atoms with E-state index in [1.165, 1.54) is 0 Å². The Labute approximate surface area is 84.4 Å². The van der Waals surface area contributed by atoms with E-state index in [2.05, 4.69) is 5.32 Å². The molecule has 84 valence electrons. The molecule has 0 aromatic carbocycles. The van der Waals surface area contributed by atoms with Gasteiger partial charge in [-0.1, -0.05) is 0 Å². The molecule has 0 aromatic heterocycles. The molecule has 0 rings (SSSR count). The topological polar surface area (TPSA) is 67.8 Å². The molecule has 5 nitrogen and oxygen atoms in total. The third-order valence-corrected chi connectivity index (χ3v) is 1.70. The van der Waals surface area contributed by atoms with Crippen LogP contribution in [0.1, 0.15) is 13.3 Å². The van der Waals surface area contributed by atoms with Gasteiger partial charge in [-0.3, -0.25) is 4.79 Å². The van der Waals surface area contributed by atoms with E-state index >= 15 is 0 Å². The Morgan fingerprint density at radius 2 is 2.14 bits per heavy atom. The van der Waals surface area contributed by atoms with Crippen LogP contribution >= 0.6 is 0 Å². The van der Waals surface area contributed by atoms with Crippen LogP contribution in [0.2, 0.25) is 0 Å². The van der Waals surface area contributed by atoms with Crippen molar-refractivity contribution >= 4 is 5.97 Å². The molecular weight excluding hydrogens is 186 g/mol. The van der Waals surface area contributed by atoms with Gasteiger partial charge in [-0.25, -0.2) is 0 Å². The van der Waals surface area contributed by atoms with Crippen molar-refractivity contribution in [3.63, 3.8) is 0 Å². The molecule has 0 aliphatic heterocycles. The fourth-order valence-electron chi connectivity index (χ4n) is 0.842. The Bertz CT molecular complexity index is 152. The molecule has 0 bridgehead atoms. The molecule has 14 heavy (non-hydrogen) atoms. The first-order valence-electron chi connectivity index (χ1n) is 4.71. The van der Waals surface area contributed by atoms with E-state index in [4.69, 9.17) is 14.6 Å². The molecule has 0 heterocycles. The minimum atomic E-state index is -0.843. The van der Waals surface area contributed by atoms with Gasteiger partial charge in [0, 0.05) is 26.9 Å². The third kappa shape index (κ3) is 7.97. The van der Waals surface area contributed by atoms with E-state index in [1.807, 2.05) is 0 Å². The van der Waals surface area contributed by atoms with Crippen molar-refractivity contribution in [2.24, 2.45) is 0 Å². The summed E-state index contributed by atoms with van der Waals surface area (Å²) in [6.07, 6.45) is 0.866. The molecule has 0 unspecified atom stereocenters. The standard InChI is InChI=1S/C9H19NO4/c1-8(9(11)12)10-4-7-14-6-3-5-13-2/h8,10H,3-7H2,1-2H3,(H,11,12)/t8-/m0/s1. The zero-order valence-electron chi connectivity index (χ0n) is 8.78. The second-order valence-electron chi connectivity index (χ2n) is 2.97. The summed E-state index contributed by atoms with van der Waals surface area (Å²) >= 11 is 0. The number of carboxylic acid groups (broad SMARTS) is 1. The quantitative estimate of drug-likeness (QED) is 0.523. The van der Waals surface area contributed by atoms with Gasteiger partial charge in [0.15, 0.2) is 0 Å². The molecule has 0 spiro atoms. The molecule has 0 aromatic rings. The van der Waals surface area contributed by atoms with E-state index in [-0.39, 0.29) is 0 Å². The Hall–Kier alpha value is -0.650. The number of hydrogen-bond donors (Lipinski definition) is 2. The number of rotatable bonds is 9. The molecule has 0 saturated heterocycles. The van der Waals surface area contributed by atoms with Crippen LogP contribution in [-0.2, 0) is 14.3 Å². The molecular formula is C9H19NO4. The van der Waals surface area contributed by atoms with Crippen LogP contribution in [0.4, 0.5) is 0 Å². The SMILES string of the molecule is COCCCOCCN[C@@H](C)C(=O)O. The predicted octanol–water partition coefficient (Wildman–Crippen LogP) is 0.102. The molecule has 5 heteroatoms. The second-order valence-corrected chi connectivity index (χ2v) is 2.97. The zero-order chi connectivity index (χ0) is 10.8. The zero-order valence-corrected chi connectivity index (χ0v) is 8.78. The number of carbonyl (C=O) groups is 1. The van der Waals surface area contributed by atoms with Crippen molar-refractivity contribution in [2.75, 3.05) is 33.5 Å². The maximum Gasteiger partial charge on any atom is 0.320 e. The lowest BCUT2D eigenvalue weighted by molar-refractivity contribution is -0.139. The number of nitrogens with one attached hydrogen (secondary N) is 1. The van der Waals surface area contributed by atoms with E-state index < -0.39 is 12.0 Å². The van der Waals surface area contributed by atoms with Crippen molar-refractivity contribution in [1.82, 2.24) is 5.32 Å². The summed E-state index contributed by atoms with van der Waals surface area (Å²) in [6.45, 7) is 4.03. The monoisotopic (exact) mass is 205 g/mol. The molecule has 0 aliphatic rings. The minimum Gasteiger partial charge on any atom is -0.480 e. The summed E-state index contributed by atoms with van der Waals surface area (Å²) in [5.41, 5.74) is 0. The smallest absolute Gasteiger partial charge is 0.320 e. The van der Waals surface area contributed by atoms with Gasteiger partial charge in [0.25, 0.3) is 0 Å². The summed E-state index contributed by atoms with van der Waals surface area (Å²) in [5.74, 6) is -0.843. The van der Waals surface area contributed by atoms with Crippen LogP contribution < -0.4 is 5.32 Å². The lowest BCUT2D eigenvalue weighted by atomic mass is 10.3. The molecule has 0 radical (unpaired) electrons. The van der Waals surface area contributed by atoms with E-state index in [1.54, 1.807) is 14.0 Å². The van der Waals surface area contributed by atoms with Gasteiger partial charge in [0.05, 0.1) is 6.61 Å². The molecule has 2 N–H and O–H groups in total. The highest BCUT2D eigenvalue weighted by molar-refractivity contribution is 5.72. The highest BCUT2D eigenvalue weighted by atomic mass is 16.5. The van der Waals surface area contributed by atoms with Crippen molar-refractivity contribution in [2.45, 2.75) is 19.4 Å². The lowest BCUT2D eigenvalue weighted by Crippen LogP contribution is -2.35. The summed E-state index contributed by atoms with van der Waals surface area (Å²) in [7, 11) is 1.65. The molecule has 1 atom stereocenters. The minimum absolute atomic E-state index is 0.516. The summed E-state index contributed by atoms with van der Waals surface area (Å²) in [5, 5.41) is 11.4. The van der Waals surface area contributed by atoms with Gasteiger partial charge in [0.2, 0.25) is 0 Å². The van der Waals surface area contributed by atoms with Crippen LogP contribution in [-0.4, -0.2) is 50.6 Å². The predicted molar refractivity (Wildman–Crippen MR) is 52.4 cm³/mol. The lowest BCUT2D eigenvalue weighted by Gasteiger charge is -2.09. The second kappa shape index (κ2) is 8.93. The first-order valence-corrected chi connectivity index (χ1v) is 4.71. The van der Waals surface area contributed by atoms with Gasteiger partial charge in [-0.05, 0) is 13.3 Å². The molecule has 0 saturated carbocycles. The fourth-order valence-corrected chi connectivity index (χ4v) is 0.842. The number of methoxy groups -OCH3 is 1. The van der Waals surface area contributed by atoms with E-state index in [0.29, 0.717) is 26.4 Å². The van der Waals surface area contributed by atoms with Crippen LogP contribution in [0.25, 0.3) is 0 Å². The van der Waals surface area contributed by atoms with Crippen molar-refractivity contribution in [3.8, 4) is 0 Å². The fraction of sp³-hybridized carbons (Fsp3) is 0.889. The van der Waals surface area contributed by atoms with Gasteiger partial charge in [-0.15, -0.1) is 0 Å². The summed E-state index contributed by atoms with van der Waals surface area (Å²) in [4.78, 5) is 10.4. The Morgan fingerprint density at radius 3 is 2.71 bits per heavy atom. The first kappa shape index (κ1) is 13.4. The van der Waals surface area contributed by atoms with E-state index in [9.17, 15) is 4.79 Å². The molecule has 0 amide bonds. The van der Waals surface area contributed by atoms with Crippen LogP contribution in [0.15, 0.2) is 0 Å². The normalized spacial score (nSPS) is 12.7.